The molecule has 0 aromatic rings. The van der Waals surface area contributed by atoms with Gasteiger partial charge >= 0.3 is 5.97 Å². The topological polar surface area (TPSA) is 65.0 Å². The maximum absolute atomic E-state index is 11.0. The number of hydrogen-bond donors (Lipinski definition) is 1. The molecular formula is C8H10O5. The van der Waals surface area contributed by atoms with Gasteiger partial charge in [0.1, 0.15) is 18.3 Å². The third-order valence-electron chi connectivity index (χ3n) is 2.89. The van der Waals surface area contributed by atoms with Crippen molar-refractivity contribution < 1.29 is 24.1 Å². The SMILES string of the molecule is O=C1C[C@@H]2[C@@H]3OC[C@@H](O3)[C@@H](O)[C@@H]2O1. The number of rotatable bonds is 0. The number of carbonyl (C=O) groups excluding carboxylic acids is 1. The lowest BCUT2D eigenvalue weighted by Crippen LogP contribution is -2.48. The normalized spacial score (nSPS) is 53.3. The molecule has 0 aromatic carbocycles. The van der Waals surface area contributed by atoms with Crippen LogP contribution in [0.3, 0.4) is 0 Å². The average Bonchev–Trinajstić information content (AvgIpc) is 2.65. The van der Waals surface area contributed by atoms with E-state index in [0.29, 0.717) is 13.0 Å². The lowest BCUT2D eigenvalue weighted by molar-refractivity contribution is -0.191. The number of hydrogen-bond acceptors (Lipinski definition) is 5. The molecule has 3 heterocycles. The van der Waals surface area contributed by atoms with Crippen LogP contribution in [0.4, 0.5) is 0 Å². The van der Waals surface area contributed by atoms with E-state index in [1.165, 1.54) is 0 Å². The summed E-state index contributed by atoms with van der Waals surface area (Å²) in [6, 6.07) is 0. The Morgan fingerprint density at radius 3 is 3.15 bits per heavy atom. The van der Waals surface area contributed by atoms with E-state index in [9.17, 15) is 9.90 Å². The second kappa shape index (κ2) is 2.43. The molecule has 0 aromatic heterocycles. The van der Waals surface area contributed by atoms with Gasteiger partial charge in [0.05, 0.1) is 18.9 Å². The lowest BCUT2D eigenvalue weighted by Gasteiger charge is -2.32. The van der Waals surface area contributed by atoms with Crippen molar-refractivity contribution >= 4 is 5.97 Å². The van der Waals surface area contributed by atoms with Gasteiger partial charge in [0.25, 0.3) is 0 Å². The molecule has 72 valence electrons. The minimum absolute atomic E-state index is 0.124. The maximum Gasteiger partial charge on any atom is 0.306 e. The van der Waals surface area contributed by atoms with Crippen molar-refractivity contribution in [1.29, 1.82) is 0 Å². The zero-order valence-electron chi connectivity index (χ0n) is 6.88. The van der Waals surface area contributed by atoms with E-state index in [4.69, 9.17) is 14.2 Å². The van der Waals surface area contributed by atoms with E-state index in [1.807, 2.05) is 0 Å². The molecule has 3 saturated heterocycles. The molecule has 0 spiro atoms. The molecule has 0 unspecified atom stereocenters. The van der Waals surface area contributed by atoms with Gasteiger partial charge in [-0.25, -0.2) is 0 Å². The summed E-state index contributed by atoms with van der Waals surface area (Å²) in [7, 11) is 0. The monoisotopic (exact) mass is 186 g/mol. The Morgan fingerprint density at radius 1 is 1.46 bits per heavy atom. The summed E-state index contributed by atoms with van der Waals surface area (Å²) < 4.78 is 15.7. The number of carbonyl (C=O) groups is 1. The van der Waals surface area contributed by atoms with E-state index in [0.717, 1.165) is 0 Å². The van der Waals surface area contributed by atoms with Gasteiger partial charge in [0.2, 0.25) is 0 Å². The largest absolute Gasteiger partial charge is 0.459 e. The first kappa shape index (κ1) is 7.73. The van der Waals surface area contributed by atoms with Gasteiger partial charge in [-0.05, 0) is 0 Å². The van der Waals surface area contributed by atoms with Crippen LogP contribution in [0.2, 0.25) is 0 Å². The Labute approximate surface area is 74.6 Å². The van der Waals surface area contributed by atoms with Crippen molar-refractivity contribution in [2.75, 3.05) is 6.61 Å². The van der Waals surface area contributed by atoms with Crippen LogP contribution in [0.15, 0.2) is 0 Å². The fraction of sp³-hybridized carbons (Fsp3) is 0.875. The number of aliphatic hydroxyl groups is 1. The molecule has 0 radical (unpaired) electrons. The van der Waals surface area contributed by atoms with Crippen LogP contribution >= 0.6 is 0 Å². The van der Waals surface area contributed by atoms with Gasteiger partial charge < -0.3 is 19.3 Å². The van der Waals surface area contributed by atoms with Crippen molar-refractivity contribution in [2.24, 2.45) is 5.92 Å². The molecule has 2 bridgehead atoms. The Kier molecular flexibility index (Phi) is 1.45. The van der Waals surface area contributed by atoms with Gasteiger partial charge in [-0.15, -0.1) is 0 Å². The zero-order chi connectivity index (χ0) is 9.00. The standard InChI is InChI=1S/C8H10O5/c9-5-1-3-7(13-5)6(10)4-2-11-8(3)12-4/h3-4,6-8,10H,1-2H2/t3-,4+,6+,7+,8+/m0/s1. The van der Waals surface area contributed by atoms with Crippen molar-refractivity contribution in [3.8, 4) is 0 Å². The summed E-state index contributed by atoms with van der Waals surface area (Å²) in [5.41, 5.74) is 0. The fourth-order valence-corrected chi connectivity index (χ4v) is 2.23. The summed E-state index contributed by atoms with van der Waals surface area (Å²) in [5.74, 6) is -0.393. The fourth-order valence-electron chi connectivity index (χ4n) is 2.23. The van der Waals surface area contributed by atoms with E-state index < -0.39 is 12.2 Å². The van der Waals surface area contributed by atoms with E-state index in [2.05, 4.69) is 0 Å². The molecule has 3 fully saturated rings. The minimum Gasteiger partial charge on any atom is -0.459 e. The second-order valence-corrected chi connectivity index (χ2v) is 3.69. The average molecular weight is 186 g/mol. The molecule has 3 aliphatic heterocycles. The van der Waals surface area contributed by atoms with Gasteiger partial charge in [0.15, 0.2) is 6.29 Å². The molecule has 3 aliphatic rings. The Morgan fingerprint density at radius 2 is 2.31 bits per heavy atom. The number of aliphatic hydroxyl groups excluding tert-OH is 1. The predicted molar refractivity (Wildman–Crippen MR) is 38.6 cm³/mol. The summed E-state index contributed by atoms with van der Waals surface area (Å²) in [6.45, 7) is 0.399. The lowest BCUT2D eigenvalue weighted by atomic mass is 9.92. The third kappa shape index (κ3) is 0.948. The first-order valence-electron chi connectivity index (χ1n) is 4.40. The Balaban J connectivity index is 1.91. The van der Waals surface area contributed by atoms with Crippen LogP contribution in [-0.4, -0.2) is 42.3 Å². The van der Waals surface area contributed by atoms with Crippen LogP contribution in [0.25, 0.3) is 0 Å². The number of fused-ring (bicyclic) bond motifs is 4. The Hall–Kier alpha value is -0.650. The highest BCUT2D eigenvalue weighted by atomic mass is 16.7. The number of esters is 1. The second-order valence-electron chi connectivity index (χ2n) is 3.69. The van der Waals surface area contributed by atoms with Crippen molar-refractivity contribution in [2.45, 2.75) is 31.0 Å². The molecule has 5 atom stereocenters. The maximum atomic E-state index is 11.0. The highest BCUT2D eigenvalue weighted by Crippen LogP contribution is 2.39. The first-order valence-corrected chi connectivity index (χ1v) is 4.40. The van der Waals surface area contributed by atoms with E-state index in [-0.39, 0.29) is 24.3 Å². The zero-order valence-corrected chi connectivity index (χ0v) is 6.88. The van der Waals surface area contributed by atoms with Crippen LogP contribution in [0, 0.1) is 5.92 Å². The molecule has 0 saturated carbocycles. The van der Waals surface area contributed by atoms with Crippen LogP contribution in [0.5, 0.6) is 0 Å². The quantitative estimate of drug-likeness (QED) is 0.493. The molecular weight excluding hydrogens is 176 g/mol. The van der Waals surface area contributed by atoms with Gasteiger partial charge in [-0.3, -0.25) is 4.79 Å². The minimum atomic E-state index is -0.727. The van der Waals surface area contributed by atoms with Crippen LogP contribution in [-0.2, 0) is 19.0 Å². The van der Waals surface area contributed by atoms with E-state index in [1.54, 1.807) is 0 Å². The summed E-state index contributed by atoms with van der Waals surface area (Å²) >= 11 is 0. The predicted octanol–water partition coefficient (Wildman–Crippen LogP) is -0.966. The summed E-state index contributed by atoms with van der Waals surface area (Å²) in [4.78, 5) is 11.0. The smallest absolute Gasteiger partial charge is 0.306 e. The number of ether oxygens (including phenoxy) is 3. The van der Waals surface area contributed by atoms with Gasteiger partial charge in [-0.2, -0.15) is 0 Å². The Bertz CT molecular complexity index is 245. The molecule has 0 aliphatic carbocycles. The molecule has 3 rings (SSSR count). The van der Waals surface area contributed by atoms with Crippen molar-refractivity contribution in [1.82, 2.24) is 0 Å². The summed E-state index contributed by atoms with van der Waals surface area (Å²) in [5, 5.41) is 9.70. The van der Waals surface area contributed by atoms with Gasteiger partial charge in [0, 0.05) is 0 Å². The summed E-state index contributed by atoms with van der Waals surface area (Å²) in [6.07, 6.45) is -1.53. The van der Waals surface area contributed by atoms with Gasteiger partial charge in [-0.1, -0.05) is 0 Å². The highest BCUT2D eigenvalue weighted by molar-refractivity contribution is 5.72. The highest BCUT2D eigenvalue weighted by Gasteiger charge is 2.55. The molecule has 13 heavy (non-hydrogen) atoms. The third-order valence-corrected chi connectivity index (χ3v) is 2.89. The van der Waals surface area contributed by atoms with E-state index >= 15 is 0 Å². The van der Waals surface area contributed by atoms with Crippen molar-refractivity contribution in [3.05, 3.63) is 0 Å². The van der Waals surface area contributed by atoms with Crippen molar-refractivity contribution in [3.63, 3.8) is 0 Å². The van der Waals surface area contributed by atoms with Crippen LogP contribution < -0.4 is 0 Å². The molecule has 5 nitrogen and oxygen atoms in total. The van der Waals surface area contributed by atoms with Crippen LogP contribution in [0.1, 0.15) is 6.42 Å². The molecule has 0 amide bonds. The first-order chi connectivity index (χ1) is 6.25. The molecule has 5 heteroatoms. The molecule has 1 N–H and O–H groups in total.